The molecule has 1 fully saturated rings. The third kappa shape index (κ3) is 12.3. The molecule has 0 spiro atoms. The molecule has 0 saturated carbocycles. The van der Waals surface area contributed by atoms with Crippen molar-refractivity contribution in [1.82, 2.24) is 0 Å². The van der Waals surface area contributed by atoms with Crippen LogP contribution in [0.25, 0.3) is 0 Å². The summed E-state index contributed by atoms with van der Waals surface area (Å²) in [6, 6.07) is 30.2. The summed E-state index contributed by atoms with van der Waals surface area (Å²) in [5.74, 6) is -1.30. The molecule has 4 aromatic rings. The van der Waals surface area contributed by atoms with E-state index in [0.29, 0.717) is 22.7 Å². The first kappa shape index (κ1) is 41.8. The van der Waals surface area contributed by atoms with Crippen LogP contribution in [0, 0.1) is 27.7 Å². The third-order valence-corrected chi connectivity index (χ3v) is 9.20. The monoisotopic (exact) mass is 764 g/mol. The van der Waals surface area contributed by atoms with E-state index in [-0.39, 0.29) is 103 Å². The minimum Gasteiger partial charge on any atom is -0.378 e. The summed E-state index contributed by atoms with van der Waals surface area (Å²) in [5, 5.41) is 0. The molecule has 12 heteroatoms. The highest BCUT2D eigenvalue weighted by Gasteiger charge is 2.23. The molecule has 5 rings (SSSR count). The van der Waals surface area contributed by atoms with Gasteiger partial charge in [0, 0.05) is 48.9 Å². The maximum Gasteiger partial charge on any atom is 0.253 e. The second-order valence-corrected chi connectivity index (χ2v) is 13.7. The van der Waals surface area contributed by atoms with Crippen molar-refractivity contribution >= 4 is 46.4 Å². The zero-order valence-corrected chi connectivity index (χ0v) is 32.8. The maximum absolute atomic E-state index is 13.6. The maximum atomic E-state index is 13.6. The average molecular weight is 765 g/mol. The second-order valence-electron chi connectivity index (χ2n) is 13.7. The topological polar surface area (TPSA) is 118 Å². The van der Waals surface area contributed by atoms with Crippen molar-refractivity contribution in [1.29, 1.82) is 0 Å². The van der Waals surface area contributed by atoms with Crippen molar-refractivity contribution < 1.29 is 38.1 Å². The van der Waals surface area contributed by atoms with E-state index in [9.17, 15) is 19.2 Å². The molecule has 0 aliphatic carbocycles. The fourth-order valence-corrected chi connectivity index (χ4v) is 6.37. The Morgan fingerprint density at radius 3 is 0.804 bits per heavy atom. The Morgan fingerprint density at radius 1 is 0.357 bits per heavy atom. The van der Waals surface area contributed by atoms with Gasteiger partial charge in [0.05, 0.1) is 26.4 Å². The quantitative estimate of drug-likeness (QED) is 0.270. The van der Waals surface area contributed by atoms with Crippen LogP contribution in [0.15, 0.2) is 97.1 Å². The summed E-state index contributed by atoms with van der Waals surface area (Å²) in [4.78, 5) is 60.8. The van der Waals surface area contributed by atoms with Gasteiger partial charge >= 0.3 is 0 Å². The number of anilines is 4. The zero-order valence-electron chi connectivity index (χ0n) is 32.8. The lowest BCUT2D eigenvalue weighted by Gasteiger charge is -2.27. The normalized spacial score (nSPS) is 17.2. The van der Waals surface area contributed by atoms with Gasteiger partial charge in [-0.2, -0.15) is 0 Å². The molecule has 296 valence electrons. The fourth-order valence-electron chi connectivity index (χ4n) is 6.37. The van der Waals surface area contributed by atoms with Gasteiger partial charge in [-0.25, -0.2) is 0 Å². The molecule has 0 unspecified atom stereocenters. The summed E-state index contributed by atoms with van der Waals surface area (Å²) in [6.45, 7) is 8.06. The number of nitrogens with zero attached hydrogens (tertiary/aromatic N) is 4. The van der Waals surface area contributed by atoms with Crippen molar-refractivity contribution in [3.63, 3.8) is 0 Å². The van der Waals surface area contributed by atoms with E-state index in [0.717, 1.165) is 22.3 Å². The Hall–Kier alpha value is -5.40. The fraction of sp³-hybridized carbons (Fsp3) is 0.364. The van der Waals surface area contributed by atoms with Gasteiger partial charge in [-0.05, 0) is 98.5 Å². The molecule has 4 aromatic carbocycles. The van der Waals surface area contributed by atoms with Crippen LogP contribution in [-0.4, -0.2) is 103 Å². The number of hydrogen-bond donors (Lipinski definition) is 0. The Morgan fingerprint density at radius 2 is 0.589 bits per heavy atom. The molecule has 1 heterocycles. The highest BCUT2D eigenvalue weighted by atomic mass is 16.5. The summed E-state index contributed by atoms with van der Waals surface area (Å²) < 4.78 is 23.5. The highest BCUT2D eigenvalue weighted by Crippen LogP contribution is 2.20. The lowest BCUT2D eigenvalue weighted by molar-refractivity contribution is -0.129. The molecule has 0 aromatic heterocycles. The highest BCUT2D eigenvalue weighted by molar-refractivity contribution is 5.97. The average Bonchev–Trinajstić information content (AvgIpc) is 3.16. The van der Waals surface area contributed by atoms with Crippen molar-refractivity contribution in [2.45, 2.75) is 27.7 Å². The van der Waals surface area contributed by atoms with Gasteiger partial charge < -0.3 is 38.5 Å². The molecule has 0 N–H and O–H groups in total. The summed E-state index contributed by atoms with van der Waals surface area (Å²) in [5.41, 5.74) is 6.63. The van der Waals surface area contributed by atoms with E-state index < -0.39 is 0 Å². The zero-order chi connectivity index (χ0) is 39.9. The lowest BCUT2D eigenvalue weighted by Crippen LogP contribution is -2.41. The minimum absolute atomic E-state index is 0.176. The van der Waals surface area contributed by atoms with Gasteiger partial charge in [-0.1, -0.05) is 48.5 Å². The molecule has 1 saturated heterocycles. The Kier molecular flexibility index (Phi) is 15.7. The first-order valence-electron chi connectivity index (χ1n) is 18.9. The number of rotatable bonds is 4. The third-order valence-electron chi connectivity index (χ3n) is 9.20. The molecular weight excluding hydrogens is 713 g/mol. The van der Waals surface area contributed by atoms with Gasteiger partial charge in [0.15, 0.2) is 0 Å². The van der Waals surface area contributed by atoms with Crippen molar-refractivity contribution in [3.8, 4) is 0 Å². The number of hydrogen-bond acceptors (Lipinski definition) is 8. The molecule has 1 aliphatic rings. The molecule has 0 radical (unpaired) electrons. The number of amides is 4. The summed E-state index contributed by atoms with van der Waals surface area (Å²) in [6.07, 6.45) is 0. The largest absolute Gasteiger partial charge is 0.378 e. The number of aryl methyl sites for hydroxylation is 4. The van der Waals surface area contributed by atoms with Crippen LogP contribution in [0.4, 0.5) is 22.7 Å². The van der Waals surface area contributed by atoms with Gasteiger partial charge in [-0.15, -0.1) is 0 Å². The van der Waals surface area contributed by atoms with Crippen LogP contribution < -0.4 is 19.6 Å². The van der Waals surface area contributed by atoms with E-state index in [1.165, 1.54) is 0 Å². The van der Waals surface area contributed by atoms with Crippen LogP contribution in [0.1, 0.15) is 22.3 Å². The first-order valence-corrected chi connectivity index (χ1v) is 18.9. The van der Waals surface area contributed by atoms with Crippen molar-refractivity contribution in [2.75, 3.05) is 98.6 Å². The summed E-state index contributed by atoms with van der Waals surface area (Å²) in [7, 11) is 0. The van der Waals surface area contributed by atoms with Gasteiger partial charge in [0.2, 0.25) is 0 Å². The smallest absolute Gasteiger partial charge is 0.253 e. The van der Waals surface area contributed by atoms with Gasteiger partial charge in [-0.3, -0.25) is 19.2 Å². The number of benzene rings is 4. The molecule has 0 bridgehead atoms. The molecule has 56 heavy (non-hydrogen) atoms. The molecule has 4 amide bonds. The van der Waals surface area contributed by atoms with E-state index >= 15 is 0 Å². The SMILES string of the molecule is Cc1cccc(N2CCOCCN(c3cccc(C)c3)C(=O)COCC(=O)N(c3cccc(C)c3)CCOCCN(c3cccc(C)c3)C(=O)COCC2=O)c1. The van der Waals surface area contributed by atoms with Gasteiger partial charge in [0.25, 0.3) is 23.6 Å². The van der Waals surface area contributed by atoms with E-state index in [1.807, 2.05) is 125 Å². The molecule has 0 atom stereocenters. The van der Waals surface area contributed by atoms with Crippen LogP contribution in [-0.2, 0) is 38.1 Å². The van der Waals surface area contributed by atoms with Crippen LogP contribution >= 0.6 is 0 Å². The van der Waals surface area contributed by atoms with Crippen LogP contribution in [0.2, 0.25) is 0 Å². The summed E-state index contributed by atoms with van der Waals surface area (Å²) >= 11 is 0. The molecular formula is C44H52N4O8. The lowest BCUT2D eigenvalue weighted by atomic mass is 10.2. The Balaban J connectivity index is 1.36. The standard InChI is InChI=1S/C44H52N4O8/c1-33-9-5-13-37(25-33)45-17-21-53-22-18-46(38-14-6-10-34(2)26-38)43(51)31-56-32-44(52)48(40-16-8-12-36(4)28-40)20-24-54-23-19-47(39-15-7-11-35(3)27-39)42(50)30-55-29-41(45)49/h5-16,25-28H,17-24,29-32H2,1-4H3. The Bertz CT molecular complexity index is 1680. The van der Waals surface area contributed by atoms with Crippen molar-refractivity contribution in [3.05, 3.63) is 119 Å². The van der Waals surface area contributed by atoms with E-state index in [1.54, 1.807) is 19.6 Å². The van der Waals surface area contributed by atoms with Crippen LogP contribution in [0.3, 0.4) is 0 Å². The molecule has 12 nitrogen and oxygen atoms in total. The number of ether oxygens (including phenoxy) is 4. The van der Waals surface area contributed by atoms with Gasteiger partial charge in [0.1, 0.15) is 26.4 Å². The Labute approximate surface area is 329 Å². The predicted octanol–water partition coefficient (Wildman–Crippen LogP) is 5.43. The van der Waals surface area contributed by atoms with Crippen molar-refractivity contribution in [2.24, 2.45) is 0 Å². The van der Waals surface area contributed by atoms with E-state index in [4.69, 9.17) is 18.9 Å². The number of carbonyl (C=O) groups is 4. The van der Waals surface area contributed by atoms with E-state index in [2.05, 4.69) is 0 Å². The predicted molar refractivity (Wildman–Crippen MR) is 217 cm³/mol. The molecule has 1 aliphatic heterocycles. The number of carbonyl (C=O) groups excluding carboxylic acids is 4. The van der Waals surface area contributed by atoms with Crippen LogP contribution in [0.5, 0.6) is 0 Å². The first-order chi connectivity index (χ1) is 27.1. The second kappa shape index (κ2) is 21.1. The minimum atomic E-state index is -0.326.